The number of nitrogens with zero attached hydrogens (tertiary/aromatic N) is 2. The predicted molar refractivity (Wildman–Crippen MR) is 76.0 cm³/mol. The Balaban J connectivity index is 1.58. The van der Waals surface area contributed by atoms with Gasteiger partial charge in [0.15, 0.2) is 5.82 Å². The molecule has 0 aliphatic carbocycles. The van der Waals surface area contributed by atoms with Gasteiger partial charge in [-0.3, -0.25) is 0 Å². The van der Waals surface area contributed by atoms with Crippen molar-refractivity contribution >= 4 is 0 Å². The van der Waals surface area contributed by atoms with Crippen LogP contribution in [0.15, 0.2) is 28.8 Å². The van der Waals surface area contributed by atoms with Gasteiger partial charge < -0.3 is 19.3 Å². The maximum Gasteiger partial charge on any atom is 0.240 e. The maximum absolute atomic E-state index is 5.71. The summed E-state index contributed by atoms with van der Waals surface area (Å²) in [6.07, 6.45) is 0. The van der Waals surface area contributed by atoms with Crippen LogP contribution >= 0.6 is 0 Å². The molecule has 1 aliphatic heterocycles. The second-order valence-corrected chi connectivity index (χ2v) is 5.16. The zero-order valence-corrected chi connectivity index (χ0v) is 12.2. The molecule has 6 nitrogen and oxygen atoms in total. The molecule has 2 atom stereocenters. The molecule has 3 rings (SSSR count). The van der Waals surface area contributed by atoms with Gasteiger partial charge in [-0.1, -0.05) is 23.4 Å². The van der Waals surface area contributed by atoms with Gasteiger partial charge in [0.1, 0.15) is 12.4 Å². The summed E-state index contributed by atoms with van der Waals surface area (Å²) in [6, 6.07) is 8.43. The van der Waals surface area contributed by atoms with E-state index in [4.69, 9.17) is 14.0 Å². The number of benzene rings is 1. The summed E-state index contributed by atoms with van der Waals surface area (Å²) in [5, 5.41) is 7.26. The molecule has 0 saturated heterocycles. The van der Waals surface area contributed by atoms with Crippen molar-refractivity contribution < 1.29 is 14.0 Å². The average molecular weight is 289 g/mol. The number of nitrogens with one attached hydrogen (secondary N) is 1. The van der Waals surface area contributed by atoms with E-state index in [0.717, 1.165) is 5.75 Å². The molecule has 2 heterocycles. The molecule has 1 aromatic carbocycles. The Morgan fingerprint density at radius 1 is 1.43 bits per heavy atom. The zero-order chi connectivity index (χ0) is 14.7. The first kappa shape index (κ1) is 14.0. The smallest absolute Gasteiger partial charge is 0.240 e. The van der Waals surface area contributed by atoms with Crippen LogP contribution in [0.2, 0.25) is 0 Å². The Hall–Kier alpha value is -1.92. The molecule has 21 heavy (non-hydrogen) atoms. The lowest BCUT2D eigenvalue weighted by atomic mass is 9.94. The Morgan fingerprint density at radius 2 is 2.29 bits per heavy atom. The molecule has 0 radical (unpaired) electrons. The lowest BCUT2D eigenvalue weighted by molar-refractivity contribution is 0.174. The highest BCUT2D eigenvalue weighted by Crippen LogP contribution is 2.35. The van der Waals surface area contributed by atoms with Crippen LogP contribution < -0.4 is 10.1 Å². The van der Waals surface area contributed by atoms with E-state index in [1.807, 2.05) is 18.2 Å². The first-order valence-corrected chi connectivity index (χ1v) is 7.03. The van der Waals surface area contributed by atoms with Gasteiger partial charge in [0, 0.05) is 24.6 Å². The Morgan fingerprint density at radius 3 is 3.14 bits per heavy atom. The minimum absolute atomic E-state index is 0.256. The van der Waals surface area contributed by atoms with E-state index in [1.165, 1.54) is 5.56 Å². The molecule has 112 valence electrons. The van der Waals surface area contributed by atoms with E-state index < -0.39 is 0 Å². The van der Waals surface area contributed by atoms with Crippen molar-refractivity contribution in [3.63, 3.8) is 0 Å². The number of aromatic nitrogens is 2. The van der Waals surface area contributed by atoms with Gasteiger partial charge >= 0.3 is 0 Å². The zero-order valence-electron chi connectivity index (χ0n) is 12.2. The van der Waals surface area contributed by atoms with Gasteiger partial charge in [-0.05, 0) is 13.0 Å². The molecule has 6 heteroatoms. The van der Waals surface area contributed by atoms with Crippen LogP contribution in [0.4, 0.5) is 0 Å². The molecule has 0 bridgehead atoms. The van der Waals surface area contributed by atoms with E-state index in [2.05, 4.69) is 28.4 Å². The number of hydrogen-bond acceptors (Lipinski definition) is 6. The third-order valence-electron chi connectivity index (χ3n) is 3.70. The molecule has 1 N–H and O–H groups in total. The fourth-order valence-electron chi connectivity index (χ4n) is 2.54. The van der Waals surface area contributed by atoms with Crippen LogP contribution in [0.1, 0.15) is 30.1 Å². The topological polar surface area (TPSA) is 69.4 Å². The highest BCUT2D eigenvalue weighted by Gasteiger charge is 2.28. The summed E-state index contributed by atoms with van der Waals surface area (Å²) in [6.45, 7) is 3.74. The second kappa shape index (κ2) is 6.24. The summed E-state index contributed by atoms with van der Waals surface area (Å²) in [4.78, 5) is 4.25. The van der Waals surface area contributed by atoms with Crippen LogP contribution in [0, 0.1) is 0 Å². The van der Waals surface area contributed by atoms with Gasteiger partial charge in [-0.25, -0.2) is 0 Å². The molecule has 1 aliphatic rings. The fraction of sp³-hybridized carbons (Fsp3) is 0.467. The van der Waals surface area contributed by atoms with Crippen LogP contribution in [-0.4, -0.2) is 29.9 Å². The molecule has 1 aromatic heterocycles. The van der Waals surface area contributed by atoms with Crippen molar-refractivity contribution in [2.45, 2.75) is 32.0 Å². The number of para-hydroxylation sites is 1. The molecular formula is C15H19N3O3. The first-order valence-electron chi connectivity index (χ1n) is 7.03. The van der Waals surface area contributed by atoms with Gasteiger partial charge in [0.05, 0.1) is 13.2 Å². The molecule has 0 spiro atoms. The van der Waals surface area contributed by atoms with Gasteiger partial charge in [0.25, 0.3) is 0 Å². The minimum Gasteiger partial charge on any atom is -0.493 e. The molecule has 0 amide bonds. The Labute approximate surface area is 123 Å². The molecule has 0 saturated carbocycles. The van der Waals surface area contributed by atoms with E-state index >= 15 is 0 Å². The van der Waals surface area contributed by atoms with Gasteiger partial charge in [-0.2, -0.15) is 4.98 Å². The summed E-state index contributed by atoms with van der Waals surface area (Å²) in [5.41, 5.74) is 1.25. The fourth-order valence-corrected chi connectivity index (χ4v) is 2.54. The summed E-state index contributed by atoms with van der Waals surface area (Å²) >= 11 is 0. The molecule has 0 fully saturated rings. The van der Waals surface area contributed by atoms with Crippen LogP contribution in [-0.2, 0) is 17.9 Å². The lowest BCUT2D eigenvalue weighted by Crippen LogP contribution is -2.32. The predicted octanol–water partition coefficient (Wildman–Crippen LogP) is 1.87. The third-order valence-corrected chi connectivity index (χ3v) is 3.70. The molecular weight excluding hydrogens is 270 g/mol. The van der Waals surface area contributed by atoms with Gasteiger partial charge in [-0.15, -0.1) is 0 Å². The van der Waals surface area contributed by atoms with Crippen molar-refractivity contribution in [2.75, 3.05) is 13.7 Å². The largest absolute Gasteiger partial charge is 0.493 e. The van der Waals surface area contributed by atoms with E-state index in [9.17, 15) is 0 Å². The lowest BCUT2D eigenvalue weighted by Gasteiger charge is -2.18. The quantitative estimate of drug-likeness (QED) is 0.875. The Kier molecular flexibility index (Phi) is 4.17. The summed E-state index contributed by atoms with van der Waals surface area (Å²) in [7, 11) is 1.61. The van der Waals surface area contributed by atoms with Crippen LogP contribution in [0.5, 0.6) is 5.75 Å². The number of hydrogen-bond donors (Lipinski definition) is 1. The standard InChI is InChI=1S/C15H19N3O3/c1-10(12-8-20-13-6-4-3-5-11(12)13)16-7-15-17-14(9-19-2)18-21-15/h3-6,10,12,16H,7-9H2,1-2H3/t10-,12-/m1/s1. The first-order chi connectivity index (χ1) is 10.3. The Bertz CT molecular complexity index is 599. The normalized spacial score (nSPS) is 18.3. The second-order valence-electron chi connectivity index (χ2n) is 5.16. The number of ether oxygens (including phenoxy) is 2. The highest BCUT2D eigenvalue weighted by molar-refractivity contribution is 5.40. The molecule has 0 unspecified atom stereocenters. The minimum atomic E-state index is 0.256. The highest BCUT2D eigenvalue weighted by atomic mass is 16.5. The number of rotatable bonds is 6. The van der Waals surface area contributed by atoms with Crippen molar-refractivity contribution in [1.29, 1.82) is 0 Å². The van der Waals surface area contributed by atoms with Crippen LogP contribution in [0.25, 0.3) is 0 Å². The van der Waals surface area contributed by atoms with Crippen LogP contribution in [0.3, 0.4) is 0 Å². The van der Waals surface area contributed by atoms with E-state index in [-0.39, 0.29) is 6.04 Å². The van der Waals surface area contributed by atoms with Crippen molar-refractivity contribution in [3.8, 4) is 5.75 Å². The monoisotopic (exact) mass is 289 g/mol. The van der Waals surface area contributed by atoms with Crippen molar-refractivity contribution in [3.05, 3.63) is 41.5 Å². The van der Waals surface area contributed by atoms with E-state index in [1.54, 1.807) is 7.11 Å². The van der Waals surface area contributed by atoms with Gasteiger partial charge in [0.2, 0.25) is 5.89 Å². The summed E-state index contributed by atoms with van der Waals surface area (Å²) < 4.78 is 15.8. The number of fused-ring (bicyclic) bond motifs is 1. The summed E-state index contributed by atoms with van der Waals surface area (Å²) in [5.74, 6) is 2.46. The third kappa shape index (κ3) is 3.06. The molecule has 2 aromatic rings. The SMILES string of the molecule is COCc1noc(CN[C@H](C)[C@H]2COc3ccccc32)n1. The van der Waals surface area contributed by atoms with Crippen molar-refractivity contribution in [1.82, 2.24) is 15.5 Å². The maximum atomic E-state index is 5.71. The van der Waals surface area contributed by atoms with E-state index in [0.29, 0.717) is 37.4 Å². The number of methoxy groups -OCH3 is 1. The average Bonchev–Trinajstić information content (AvgIpc) is 3.12. The van der Waals surface area contributed by atoms with Crippen molar-refractivity contribution in [2.24, 2.45) is 0 Å².